The molecule has 4 nitrogen and oxygen atoms in total. The molecule has 9 heteroatoms. The lowest BCUT2D eigenvalue weighted by Crippen LogP contribution is -2.13. The van der Waals surface area contributed by atoms with Crippen molar-refractivity contribution in [1.82, 2.24) is 9.55 Å². The van der Waals surface area contributed by atoms with Gasteiger partial charge in [0.05, 0.1) is 12.1 Å². The summed E-state index contributed by atoms with van der Waals surface area (Å²) in [4.78, 5) is 15.8. The highest BCUT2D eigenvalue weighted by atomic mass is 35.5. The van der Waals surface area contributed by atoms with Crippen molar-refractivity contribution < 1.29 is 23.1 Å². The first-order valence-corrected chi connectivity index (χ1v) is 9.53. The number of thiophene rings is 1. The number of aromatic nitrogens is 2. The summed E-state index contributed by atoms with van der Waals surface area (Å²) in [5, 5.41) is 11.6. The minimum atomic E-state index is -4.44. The molecule has 0 spiro atoms. The fourth-order valence-corrected chi connectivity index (χ4v) is 4.13. The highest BCUT2D eigenvalue weighted by Gasteiger charge is 2.31. The van der Waals surface area contributed by atoms with Gasteiger partial charge >= 0.3 is 12.1 Å². The molecule has 0 saturated carbocycles. The van der Waals surface area contributed by atoms with Crippen LogP contribution in [-0.2, 0) is 19.1 Å². The summed E-state index contributed by atoms with van der Waals surface area (Å²) < 4.78 is 41.3. The number of imidazole rings is 1. The van der Waals surface area contributed by atoms with E-state index in [9.17, 15) is 23.1 Å². The van der Waals surface area contributed by atoms with Gasteiger partial charge in [0.1, 0.15) is 5.82 Å². The highest BCUT2D eigenvalue weighted by Crippen LogP contribution is 2.35. The molecule has 2 aromatic heterocycles. The van der Waals surface area contributed by atoms with E-state index in [0.717, 1.165) is 25.0 Å². The van der Waals surface area contributed by atoms with E-state index in [1.165, 1.54) is 22.0 Å². The highest BCUT2D eigenvalue weighted by molar-refractivity contribution is 7.17. The average Bonchev–Trinajstić information content (AvgIpc) is 3.13. The van der Waals surface area contributed by atoms with Gasteiger partial charge in [0, 0.05) is 11.1 Å². The van der Waals surface area contributed by atoms with Crippen LogP contribution in [0.15, 0.2) is 23.6 Å². The second-order valence-corrected chi connectivity index (χ2v) is 7.40. The number of halogens is 4. The molecule has 0 radical (unpaired) electrons. The Morgan fingerprint density at radius 3 is 2.74 bits per heavy atom. The second kappa shape index (κ2) is 7.52. The minimum absolute atomic E-state index is 0.0989. The Morgan fingerprint density at radius 2 is 2.11 bits per heavy atom. The van der Waals surface area contributed by atoms with Gasteiger partial charge in [0.2, 0.25) is 0 Å². The molecule has 3 aromatic rings. The van der Waals surface area contributed by atoms with Gasteiger partial charge < -0.3 is 9.67 Å². The Hall–Kier alpha value is -2.06. The zero-order chi connectivity index (χ0) is 19.8. The molecule has 0 aliphatic rings. The summed E-state index contributed by atoms with van der Waals surface area (Å²) in [7, 11) is 0. The van der Waals surface area contributed by atoms with Crippen LogP contribution in [0, 0.1) is 0 Å². The smallest absolute Gasteiger partial charge is 0.416 e. The standard InChI is InChI=1S/C18H16ClF3N2O2S/c1-2-3-4-14-23-16(19)15(17(25)26)24(14)8-10-9-27-13-6-5-11(7-12(10)13)18(20,21)22/h5-7,9H,2-4,8H2,1H3,(H,25,26). The number of fused-ring (bicyclic) bond motifs is 1. The van der Waals surface area contributed by atoms with E-state index in [1.807, 2.05) is 6.92 Å². The zero-order valence-corrected chi connectivity index (χ0v) is 15.9. The van der Waals surface area contributed by atoms with Gasteiger partial charge in [-0.15, -0.1) is 11.3 Å². The van der Waals surface area contributed by atoms with Gasteiger partial charge in [0.15, 0.2) is 10.8 Å². The number of aromatic carboxylic acids is 1. The number of alkyl halides is 3. The number of nitrogens with zero attached hydrogens (tertiary/aromatic N) is 2. The minimum Gasteiger partial charge on any atom is -0.476 e. The number of hydrogen-bond acceptors (Lipinski definition) is 3. The Labute approximate surface area is 162 Å². The van der Waals surface area contributed by atoms with Gasteiger partial charge in [-0.25, -0.2) is 9.78 Å². The summed E-state index contributed by atoms with van der Waals surface area (Å²) in [5.41, 5.74) is -0.271. The zero-order valence-electron chi connectivity index (χ0n) is 14.3. The van der Waals surface area contributed by atoms with Crippen molar-refractivity contribution in [2.75, 3.05) is 0 Å². The third-order valence-corrected chi connectivity index (χ3v) is 5.55. The first-order valence-electron chi connectivity index (χ1n) is 8.28. The monoisotopic (exact) mass is 416 g/mol. The van der Waals surface area contributed by atoms with E-state index < -0.39 is 17.7 Å². The molecule has 1 N–H and O–H groups in total. The van der Waals surface area contributed by atoms with Crippen LogP contribution in [0.25, 0.3) is 10.1 Å². The summed E-state index contributed by atoms with van der Waals surface area (Å²) in [6.45, 7) is 2.10. The van der Waals surface area contributed by atoms with Crippen LogP contribution < -0.4 is 0 Å². The largest absolute Gasteiger partial charge is 0.476 e. The molecule has 3 rings (SSSR count). The number of carboxylic acids is 1. The number of rotatable bonds is 6. The van der Waals surface area contributed by atoms with E-state index in [-0.39, 0.29) is 17.4 Å². The maximum Gasteiger partial charge on any atom is 0.416 e. The molecule has 0 unspecified atom stereocenters. The van der Waals surface area contributed by atoms with Gasteiger partial charge in [-0.3, -0.25) is 0 Å². The Bertz CT molecular complexity index is 995. The van der Waals surface area contributed by atoms with Crippen LogP contribution in [0.4, 0.5) is 13.2 Å². The van der Waals surface area contributed by atoms with Crippen LogP contribution in [0.5, 0.6) is 0 Å². The fraction of sp³-hybridized carbons (Fsp3) is 0.333. The van der Waals surface area contributed by atoms with Gasteiger partial charge in [-0.2, -0.15) is 13.2 Å². The molecule has 0 fully saturated rings. The number of aryl methyl sites for hydroxylation is 1. The summed E-state index contributed by atoms with van der Waals surface area (Å²) in [5.74, 6) is -0.698. The molecule has 0 amide bonds. The third-order valence-electron chi connectivity index (χ3n) is 4.27. The predicted molar refractivity (Wildman–Crippen MR) is 98.7 cm³/mol. The topological polar surface area (TPSA) is 55.1 Å². The lowest BCUT2D eigenvalue weighted by Gasteiger charge is -2.11. The molecule has 144 valence electrons. The summed E-state index contributed by atoms with van der Waals surface area (Å²) >= 11 is 7.32. The SMILES string of the molecule is CCCCc1nc(Cl)c(C(=O)O)n1Cc1csc2ccc(C(F)(F)F)cc12. The Balaban J connectivity index is 2.08. The lowest BCUT2D eigenvalue weighted by molar-refractivity contribution is -0.137. The lowest BCUT2D eigenvalue weighted by atomic mass is 10.1. The van der Waals surface area contributed by atoms with Crippen LogP contribution in [0.1, 0.15) is 47.2 Å². The van der Waals surface area contributed by atoms with E-state index in [1.54, 1.807) is 5.38 Å². The van der Waals surface area contributed by atoms with Gasteiger partial charge in [0.25, 0.3) is 0 Å². The van der Waals surface area contributed by atoms with Crippen molar-refractivity contribution in [3.8, 4) is 0 Å². The van der Waals surface area contributed by atoms with Crippen molar-refractivity contribution in [2.24, 2.45) is 0 Å². The van der Waals surface area contributed by atoms with Crippen LogP contribution >= 0.6 is 22.9 Å². The fourth-order valence-electron chi connectivity index (χ4n) is 2.92. The number of carbonyl (C=O) groups is 1. The van der Waals surface area contributed by atoms with E-state index >= 15 is 0 Å². The summed E-state index contributed by atoms with van der Waals surface area (Å²) in [6.07, 6.45) is -2.21. The van der Waals surface area contributed by atoms with Crippen LogP contribution in [-0.4, -0.2) is 20.6 Å². The van der Waals surface area contributed by atoms with Crippen molar-refractivity contribution >= 4 is 39.0 Å². The molecule has 0 aliphatic carbocycles. The maximum absolute atomic E-state index is 13.1. The Kier molecular flexibility index (Phi) is 5.48. The predicted octanol–water partition coefficient (Wildman–Crippen LogP) is 5.86. The second-order valence-electron chi connectivity index (χ2n) is 6.13. The number of hydrogen-bond donors (Lipinski definition) is 1. The van der Waals surface area contributed by atoms with Crippen LogP contribution in [0.3, 0.4) is 0 Å². The molecular formula is C18H16ClF3N2O2S. The molecule has 0 saturated heterocycles. The third kappa shape index (κ3) is 3.96. The van der Waals surface area contributed by atoms with Crippen molar-refractivity contribution in [3.63, 3.8) is 0 Å². The molecule has 27 heavy (non-hydrogen) atoms. The molecule has 0 atom stereocenters. The van der Waals surface area contributed by atoms with Crippen molar-refractivity contribution in [2.45, 2.75) is 38.9 Å². The first kappa shape index (κ1) is 19.7. The molecule has 1 aromatic carbocycles. The quantitative estimate of drug-likeness (QED) is 0.547. The van der Waals surface area contributed by atoms with E-state index in [0.29, 0.717) is 27.9 Å². The van der Waals surface area contributed by atoms with Gasteiger partial charge in [-0.05, 0) is 40.9 Å². The molecule has 2 heterocycles. The average molecular weight is 417 g/mol. The molecule has 0 aliphatic heterocycles. The number of unbranched alkanes of at least 4 members (excludes halogenated alkanes) is 1. The van der Waals surface area contributed by atoms with Crippen LogP contribution in [0.2, 0.25) is 5.15 Å². The van der Waals surface area contributed by atoms with E-state index in [2.05, 4.69) is 4.98 Å². The molecular weight excluding hydrogens is 401 g/mol. The Morgan fingerprint density at radius 1 is 1.37 bits per heavy atom. The number of benzene rings is 1. The number of carboxylic acid groups (broad SMARTS) is 1. The summed E-state index contributed by atoms with van der Waals surface area (Å²) in [6, 6.07) is 3.58. The van der Waals surface area contributed by atoms with Crippen molar-refractivity contribution in [1.29, 1.82) is 0 Å². The van der Waals surface area contributed by atoms with Gasteiger partial charge in [-0.1, -0.05) is 24.9 Å². The maximum atomic E-state index is 13.1. The normalized spacial score (nSPS) is 12.0. The first-order chi connectivity index (χ1) is 12.7. The van der Waals surface area contributed by atoms with Crippen molar-refractivity contribution in [3.05, 3.63) is 51.4 Å². The van der Waals surface area contributed by atoms with E-state index in [4.69, 9.17) is 11.6 Å². The molecule has 0 bridgehead atoms.